The molecule has 0 amide bonds. The first-order valence-electron chi connectivity index (χ1n) is 7.87. The monoisotopic (exact) mass is 326 g/mol. The van der Waals surface area contributed by atoms with Gasteiger partial charge in [0.2, 0.25) is 0 Å². The molecule has 2 heterocycles. The van der Waals surface area contributed by atoms with Crippen molar-refractivity contribution in [2.24, 2.45) is 4.99 Å². The Morgan fingerprint density at radius 3 is 2.61 bits per heavy atom. The van der Waals surface area contributed by atoms with Crippen LogP contribution in [0.2, 0.25) is 0 Å². The van der Waals surface area contributed by atoms with Crippen LogP contribution in [-0.4, -0.2) is 14.1 Å². The number of aromatic nitrogens is 3. The Morgan fingerprint density at radius 2 is 1.91 bits per heavy atom. The quantitative estimate of drug-likeness (QED) is 0.698. The molecule has 0 saturated carbocycles. The molecule has 0 aliphatic rings. The van der Waals surface area contributed by atoms with Gasteiger partial charge in [0.05, 0.1) is 12.0 Å². The molecule has 0 spiro atoms. The maximum atomic E-state index is 4.94. The molecule has 0 aliphatic carbocycles. The van der Waals surface area contributed by atoms with E-state index in [1.807, 2.05) is 18.7 Å². The number of rotatable bonds is 5. The standard InChI is InChI=1S/C18H22N4S/c1-14-6-4-7-15(2)17(14)20-18-22(16(3)12-23-18)10-5-9-21-11-8-19-13-21/h4,6-8,11-13H,5,9-10H2,1-3H3. The third kappa shape index (κ3) is 3.62. The summed E-state index contributed by atoms with van der Waals surface area (Å²) in [5, 5.41) is 2.18. The largest absolute Gasteiger partial charge is 0.337 e. The van der Waals surface area contributed by atoms with Crippen molar-refractivity contribution in [2.45, 2.75) is 40.3 Å². The van der Waals surface area contributed by atoms with Crippen LogP contribution in [-0.2, 0) is 13.1 Å². The number of aryl methyl sites for hydroxylation is 4. The lowest BCUT2D eigenvalue weighted by Gasteiger charge is -2.08. The lowest BCUT2D eigenvalue weighted by atomic mass is 10.1. The predicted octanol–water partition coefficient (Wildman–Crippen LogP) is 3.99. The van der Waals surface area contributed by atoms with Gasteiger partial charge in [-0.2, -0.15) is 0 Å². The Balaban J connectivity index is 1.85. The minimum atomic E-state index is 0.970. The van der Waals surface area contributed by atoms with E-state index in [9.17, 15) is 0 Å². The molecule has 3 aromatic rings. The van der Waals surface area contributed by atoms with Gasteiger partial charge in [-0.3, -0.25) is 0 Å². The summed E-state index contributed by atoms with van der Waals surface area (Å²) in [4.78, 5) is 10.1. The van der Waals surface area contributed by atoms with Crippen molar-refractivity contribution in [3.05, 3.63) is 63.9 Å². The van der Waals surface area contributed by atoms with Crippen LogP contribution in [0, 0.1) is 20.8 Å². The molecule has 3 rings (SSSR count). The van der Waals surface area contributed by atoms with Crippen LogP contribution < -0.4 is 4.80 Å². The van der Waals surface area contributed by atoms with Crippen molar-refractivity contribution in [3.63, 3.8) is 0 Å². The lowest BCUT2D eigenvalue weighted by molar-refractivity contribution is 0.548. The Hall–Kier alpha value is -2.14. The minimum Gasteiger partial charge on any atom is -0.337 e. The first-order valence-corrected chi connectivity index (χ1v) is 8.75. The Bertz CT molecular complexity index is 820. The van der Waals surface area contributed by atoms with Crippen LogP contribution in [0.25, 0.3) is 0 Å². The second kappa shape index (κ2) is 6.96. The fraction of sp³-hybridized carbons (Fsp3) is 0.333. The highest BCUT2D eigenvalue weighted by molar-refractivity contribution is 7.07. The van der Waals surface area contributed by atoms with Gasteiger partial charge in [-0.1, -0.05) is 18.2 Å². The molecule has 5 heteroatoms. The molecular formula is C18H22N4S. The Labute approximate surface area is 140 Å². The number of para-hydroxylation sites is 1. The molecule has 4 nitrogen and oxygen atoms in total. The van der Waals surface area contributed by atoms with Crippen molar-refractivity contribution < 1.29 is 0 Å². The van der Waals surface area contributed by atoms with Crippen molar-refractivity contribution >= 4 is 17.0 Å². The molecule has 0 atom stereocenters. The normalized spacial score (nSPS) is 12.0. The van der Waals surface area contributed by atoms with Crippen LogP contribution in [0.15, 0.2) is 47.3 Å². The van der Waals surface area contributed by atoms with Gasteiger partial charge in [0.1, 0.15) is 0 Å². The molecule has 0 fully saturated rings. The van der Waals surface area contributed by atoms with Crippen molar-refractivity contribution in [1.82, 2.24) is 14.1 Å². The average molecular weight is 326 g/mol. The topological polar surface area (TPSA) is 35.1 Å². The first kappa shape index (κ1) is 15.7. The van der Waals surface area contributed by atoms with Gasteiger partial charge >= 0.3 is 0 Å². The van der Waals surface area contributed by atoms with Gasteiger partial charge < -0.3 is 9.13 Å². The van der Waals surface area contributed by atoms with E-state index in [2.05, 4.69) is 58.5 Å². The van der Waals surface area contributed by atoms with Gasteiger partial charge in [-0.25, -0.2) is 9.98 Å². The fourth-order valence-electron chi connectivity index (χ4n) is 2.68. The van der Waals surface area contributed by atoms with Crippen LogP contribution in [0.3, 0.4) is 0 Å². The third-order valence-electron chi connectivity index (χ3n) is 4.00. The summed E-state index contributed by atoms with van der Waals surface area (Å²) in [5.74, 6) is 0. The molecular weight excluding hydrogens is 304 g/mol. The number of hydrogen-bond donors (Lipinski definition) is 0. The second-order valence-corrected chi connectivity index (χ2v) is 6.65. The smallest absolute Gasteiger partial charge is 0.190 e. The number of imidazole rings is 1. The maximum Gasteiger partial charge on any atom is 0.190 e. The molecule has 120 valence electrons. The Kier molecular flexibility index (Phi) is 4.76. The van der Waals surface area contributed by atoms with Crippen molar-refractivity contribution in [2.75, 3.05) is 0 Å². The molecule has 2 aromatic heterocycles. The van der Waals surface area contributed by atoms with Crippen LogP contribution in [0.5, 0.6) is 0 Å². The zero-order valence-corrected chi connectivity index (χ0v) is 14.7. The van der Waals surface area contributed by atoms with Crippen LogP contribution in [0.4, 0.5) is 5.69 Å². The minimum absolute atomic E-state index is 0.970. The highest BCUT2D eigenvalue weighted by Gasteiger charge is 2.04. The summed E-state index contributed by atoms with van der Waals surface area (Å²) in [6, 6.07) is 6.33. The Morgan fingerprint density at radius 1 is 1.13 bits per heavy atom. The van der Waals surface area contributed by atoms with E-state index in [0.29, 0.717) is 0 Å². The van der Waals surface area contributed by atoms with Crippen LogP contribution in [0.1, 0.15) is 23.2 Å². The van der Waals surface area contributed by atoms with Gasteiger partial charge in [-0.15, -0.1) is 11.3 Å². The second-order valence-electron chi connectivity index (χ2n) is 5.82. The van der Waals surface area contributed by atoms with Gasteiger partial charge in [0.25, 0.3) is 0 Å². The third-order valence-corrected chi connectivity index (χ3v) is 4.98. The summed E-state index contributed by atoms with van der Waals surface area (Å²) >= 11 is 1.71. The number of hydrogen-bond acceptors (Lipinski definition) is 3. The average Bonchev–Trinajstić information content (AvgIpc) is 3.15. The van der Waals surface area contributed by atoms with E-state index in [1.165, 1.54) is 16.8 Å². The first-order chi connectivity index (χ1) is 11.1. The summed E-state index contributed by atoms with van der Waals surface area (Å²) < 4.78 is 4.43. The number of thiazole rings is 1. The summed E-state index contributed by atoms with van der Waals surface area (Å²) in [6.07, 6.45) is 6.76. The van der Waals surface area contributed by atoms with E-state index in [0.717, 1.165) is 30.0 Å². The molecule has 0 N–H and O–H groups in total. The van der Waals surface area contributed by atoms with Gasteiger partial charge in [-0.05, 0) is 38.3 Å². The van der Waals surface area contributed by atoms with Crippen LogP contribution >= 0.6 is 11.3 Å². The molecule has 0 saturated heterocycles. The number of benzene rings is 1. The zero-order valence-electron chi connectivity index (χ0n) is 13.9. The molecule has 0 aliphatic heterocycles. The molecule has 1 aromatic carbocycles. The maximum absolute atomic E-state index is 4.94. The summed E-state index contributed by atoms with van der Waals surface area (Å²) in [7, 11) is 0. The molecule has 0 unspecified atom stereocenters. The highest BCUT2D eigenvalue weighted by atomic mass is 32.1. The van der Waals surface area contributed by atoms with Crippen molar-refractivity contribution in [3.8, 4) is 0 Å². The lowest BCUT2D eigenvalue weighted by Crippen LogP contribution is -2.17. The van der Waals surface area contributed by atoms with Gasteiger partial charge in [0, 0.05) is 36.6 Å². The molecule has 23 heavy (non-hydrogen) atoms. The predicted molar refractivity (Wildman–Crippen MR) is 95.0 cm³/mol. The van der Waals surface area contributed by atoms with Gasteiger partial charge in [0.15, 0.2) is 4.80 Å². The molecule has 0 bridgehead atoms. The fourth-order valence-corrected chi connectivity index (χ4v) is 3.59. The van der Waals surface area contributed by atoms with E-state index >= 15 is 0 Å². The zero-order chi connectivity index (χ0) is 16.2. The highest BCUT2D eigenvalue weighted by Crippen LogP contribution is 2.22. The van der Waals surface area contributed by atoms with E-state index < -0.39 is 0 Å². The van der Waals surface area contributed by atoms with E-state index in [-0.39, 0.29) is 0 Å². The summed E-state index contributed by atoms with van der Waals surface area (Å²) in [5.41, 5.74) is 4.81. The summed E-state index contributed by atoms with van der Waals surface area (Å²) in [6.45, 7) is 8.34. The van der Waals surface area contributed by atoms with Crippen molar-refractivity contribution in [1.29, 1.82) is 0 Å². The van der Waals surface area contributed by atoms with E-state index in [1.54, 1.807) is 11.3 Å². The van der Waals surface area contributed by atoms with E-state index in [4.69, 9.17) is 4.99 Å². The number of nitrogens with zero attached hydrogens (tertiary/aromatic N) is 4. The SMILES string of the molecule is Cc1cccc(C)c1N=c1scc(C)n1CCCn1ccnc1. The molecule has 0 radical (unpaired) electrons.